The van der Waals surface area contributed by atoms with E-state index in [-0.39, 0.29) is 30.0 Å². The van der Waals surface area contributed by atoms with Crippen molar-refractivity contribution in [3.8, 4) is 0 Å². The lowest BCUT2D eigenvalue weighted by Gasteiger charge is -2.43. The van der Waals surface area contributed by atoms with Gasteiger partial charge in [-0.2, -0.15) is 0 Å². The summed E-state index contributed by atoms with van der Waals surface area (Å²) in [4.78, 5) is 28.5. The number of ether oxygens (including phenoxy) is 1. The molecule has 2 aliphatic heterocycles. The van der Waals surface area contributed by atoms with Gasteiger partial charge in [-0.25, -0.2) is 4.39 Å². The summed E-state index contributed by atoms with van der Waals surface area (Å²) in [6.45, 7) is 2.30. The van der Waals surface area contributed by atoms with Crippen molar-refractivity contribution in [1.82, 2.24) is 15.1 Å². The number of hydrogen-bond acceptors (Lipinski definition) is 6. The topological polar surface area (TPSA) is 94.1 Å². The van der Waals surface area contributed by atoms with Crippen LogP contribution < -0.4 is 10.6 Å². The average Bonchev–Trinajstić information content (AvgIpc) is 2.67. The van der Waals surface area contributed by atoms with E-state index in [1.165, 1.54) is 18.2 Å². The molecule has 2 fully saturated rings. The van der Waals surface area contributed by atoms with Gasteiger partial charge in [-0.3, -0.25) is 19.8 Å². The quantitative estimate of drug-likeness (QED) is 0.670. The van der Waals surface area contributed by atoms with Gasteiger partial charge in [-0.05, 0) is 18.2 Å². The second-order valence-electron chi connectivity index (χ2n) is 6.77. The van der Waals surface area contributed by atoms with Crippen molar-refractivity contribution in [3.05, 3.63) is 29.6 Å². The summed E-state index contributed by atoms with van der Waals surface area (Å²) in [7, 11) is 1.67. The van der Waals surface area contributed by atoms with Crippen LogP contribution in [0.1, 0.15) is 18.4 Å². The molecular weight excluding hydrogens is 355 g/mol. The highest BCUT2D eigenvalue weighted by molar-refractivity contribution is 5.91. The number of amides is 2. The van der Waals surface area contributed by atoms with Gasteiger partial charge in [-0.1, -0.05) is 0 Å². The number of anilines is 1. The predicted octanol–water partition coefficient (Wildman–Crippen LogP) is 0.0827. The minimum Gasteiger partial charge on any atom is -0.392 e. The summed E-state index contributed by atoms with van der Waals surface area (Å²) in [6.07, 6.45) is -0.138. The summed E-state index contributed by atoms with van der Waals surface area (Å²) in [6, 6.07) is 4.03. The summed E-state index contributed by atoms with van der Waals surface area (Å²) < 4.78 is 18.8. The molecule has 0 spiro atoms. The summed E-state index contributed by atoms with van der Waals surface area (Å²) >= 11 is 0. The minimum atomic E-state index is -0.525. The maximum atomic E-state index is 13.5. The van der Waals surface area contributed by atoms with Crippen LogP contribution in [0.25, 0.3) is 0 Å². The van der Waals surface area contributed by atoms with Crippen LogP contribution in [0.4, 0.5) is 10.1 Å². The molecule has 0 aromatic heterocycles. The van der Waals surface area contributed by atoms with E-state index < -0.39 is 18.6 Å². The largest absolute Gasteiger partial charge is 0.392 e. The molecule has 27 heavy (non-hydrogen) atoms. The Hall–Kier alpha value is -2.07. The van der Waals surface area contributed by atoms with Crippen LogP contribution in [-0.2, 0) is 20.9 Å². The molecular formula is C18H25FN4O4. The standard InChI is InChI=1S/C18H25FN4O4/c1-22-15(21-16(10-18(22)26)23-4-6-27-7-5-23)9-17(25)20-13-2-3-14(19)12(8-13)11-24/h2-3,8,15-16,21,24H,4-7,9-11H2,1H3,(H,20,25). The second kappa shape index (κ2) is 8.75. The zero-order valence-electron chi connectivity index (χ0n) is 15.3. The van der Waals surface area contributed by atoms with E-state index in [9.17, 15) is 14.0 Å². The second-order valence-corrected chi connectivity index (χ2v) is 6.77. The zero-order chi connectivity index (χ0) is 19.4. The van der Waals surface area contributed by atoms with E-state index >= 15 is 0 Å². The van der Waals surface area contributed by atoms with Crippen molar-refractivity contribution >= 4 is 17.5 Å². The third-order valence-corrected chi connectivity index (χ3v) is 4.98. The van der Waals surface area contributed by atoms with E-state index in [0.717, 1.165) is 13.1 Å². The fourth-order valence-electron chi connectivity index (χ4n) is 3.36. The average molecular weight is 380 g/mol. The number of morpholine rings is 1. The normalized spacial score (nSPS) is 24.1. The molecule has 8 nitrogen and oxygen atoms in total. The van der Waals surface area contributed by atoms with Crippen LogP contribution in [0.15, 0.2) is 18.2 Å². The van der Waals surface area contributed by atoms with Gasteiger partial charge in [0.05, 0.1) is 45.0 Å². The lowest BCUT2D eigenvalue weighted by atomic mass is 10.1. The van der Waals surface area contributed by atoms with Gasteiger partial charge in [0.15, 0.2) is 0 Å². The lowest BCUT2D eigenvalue weighted by Crippen LogP contribution is -2.63. The van der Waals surface area contributed by atoms with Gasteiger partial charge in [0.2, 0.25) is 11.8 Å². The first-order chi connectivity index (χ1) is 13.0. The molecule has 1 aromatic rings. The Kier molecular flexibility index (Phi) is 6.38. The Bertz CT molecular complexity index is 696. The van der Waals surface area contributed by atoms with Gasteiger partial charge in [0.1, 0.15) is 5.82 Å². The number of rotatable bonds is 5. The maximum absolute atomic E-state index is 13.5. The van der Waals surface area contributed by atoms with Crippen LogP contribution in [0.5, 0.6) is 0 Å². The smallest absolute Gasteiger partial charge is 0.227 e. The van der Waals surface area contributed by atoms with Crippen LogP contribution in [-0.4, -0.2) is 72.4 Å². The molecule has 2 amide bonds. The number of nitrogens with zero attached hydrogens (tertiary/aromatic N) is 2. The molecule has 0 bridgehead atoms. The number of carbonyl (C=O) groups excluding carboxylic acids is 2. The predicted molar refractivity (Wildman–Crippen MR) is 96.1 cm³/mol. The number of nitrogens with one attached hydrogen (secondary N) is 2. The van der Waals surface area contributed by atoms with Crippen molar-refractivity contribution in [2.24, 2.45) is 0 Å². The zero-order valence-corrected chi connectivity index (χ0v) is 15.3. The highest BCUT2D eigenvalue weighted by Gasteiger charge is 2.35. The molecule has 0 aliphatic carbocycles. The Labute approximate surface area is 157 Å². The molecule has 9 heteroatoms. The van der Waals surface area contributed by atoms with Crippen molar-refractivity contribution in [3.63, 3.8) is 0 Å². The number of hydrogen-bond donors (Lipinski definition) is 3. The fourth-order valence-corrected chi connectivity index (χ4v) is 3.36. The van der Waals surface area contributed by atoms with E-state index in [4.69, 9.17) is 9.84 Å². The molecule has 0 radical (unpaired) electrons. The van der Waals surface area contributed by atoms with Gasteiger partial charge in [-0.15, -0.1) is 0 Å². The fraction of sp³-hybridized carbons (Fsp3) is 0.556. The molecule has 2 aliphatic rings. The first kappa shape index (κ1) is 19.7. The minimum absolute atomic E-state index is 0.0209. The van der Waals surface area contributed by atoms with Gasteiger partial charge in [0, 0.05) is 31.4 Å². The lowest BCUT2D eigenvalue weighted by molar-refractivity contribution is -0.141. The molecule has 3 rings (SSSR count). The van der Waals surface area contributed by atoms with E-state index in [2.05, 4.69) is 15.5 Å². The molecule has 2 saturated heterocycles. The van der Waals surface area contributed by atoms with Crippen molar-refractivity contribution < 1.29 is 23.8 Å². The molecule has 1 aromatic carbocycles. The van der Waals surface area contributed by atoms with Gasteiger partial charge in [0.25, 0.3) is 0 Å². The summed E-state index contributed by atoms with van der Waals surface area (Å²) in [5, 5.41) is 15.2. The van der Waals surface area contributed by atoms with Crippen molar-refractivity contribution in [1.29, 1.82) is 0 Å². The molecule has 2 atom stereocenters. The summed E-state index contributed by atoms with van der Waals surface area (Å²) in [5.41, 5.74) is 0.517. The first-order valence-electron chi connectivity index (χ1n) is 9.00. The van der Waals surface area contributed by atoms with Crippen LogP contribution in [0.2, 0.25) is 0 Å². The molecule has 2 heterocycles. The van der Waals surface area contributed by atoms with Gasteiger partial charge < -0.3 is 20.1 Å². The van der Waals surface area contributed by atoms with Crippen LogP contribution in [0.3, 0.4) is 0 Å². The maximum Gasteiger partial charge on any atom is 0.227 e. The van der Waals surface area contributed by atoms with Crippen molar-refractivity contribution in [2.45, 2.75) is 31.8 Å². The van der Waals surface area contributed by atoms with Crippen LogP contribution in [0, 0.1) is 5.82 Å². The molecule has 3 N–H and O–H groups in total. The monoisotopic (exact) mass is 380 g/mol. The highest BCUT2D eigenvalue weighted by Crippen LogP contribution is 2.18. The van der Waals surface area contributed by atoms with E-state index in [1.54, 1.807) is 11.9 Å². The SMILES string of the molecule is CN1C(=O)CC(N2CCOCC2)NC1CC(=O)Nc1ccc(F)c(CO)c1. The third-order valence-electron chi connectivity index (χ3n) is 4.98. The first-order valence-corrected chi connectivity index (χ1v) is 9.00. The van der Waals surface area contributed by atoms with Crippen molar-refractivity contribution in [2.75, 3.05) is 38.7 Å². The summed E-state index contributed by atoms with van der Waals surface area (Å²) in [5.74, 6) is -0.846. The molecule has 0 saturated carbocycles. The Balaban J connectivity index is 1.62. The third kappa shape index (κ3) is 4.81. The van der Waals surface area contributed by atoms with Gasteiger partial charge >= 0.3 is 0 Å². The number of aliphatic hydroxyl groups is 1. The van der Waals surface area contributed by atoms with E-state index in [0.29, 0.717) is 25.3 Å². The number of aliphatic hydroxyl groups excluding tert-OH is 1. The van der Waals surface area contributed by atoms with Crippen LogP contribution >= 0.6 is 0 Å². The Morgan fingerprint density at radius 3 is 2.85 bits per heavy atom. The number of benzene rings is 1. The van der Waals surface area contributed by atoms with E-state index in [1.807, 2.05) is 0 Å². The molecule has 148 valence electrons. The Morgan fingerprint density at radius 2 is 2.15 bits per heavy atom. The Morgan fingerprint density at radius 1 is 1.41 bits per heavy atom. The number of carbonyl (C=O) groups is 2. The molecule has 2 unspecified atom stereocenters. The number of halogens is 1. The highest BCUT2D eigenvalue weighted by atomic mass is 19.1.